The Morgan fingerprint density at radius 3 is 2.31 bits per heavy atom. The first-order valence-electron chi connectivity index (χ1n) is 3.76. The van der Waals surface area contributed by atoms with Crippen LogP contribution in [0.5, 0.6) is 0 Å². The quantitative estimate of drug-likeness (QED) is 0.519. The smallest absolute Gasteiger partial charge is 0.282 e. The van der Waals surface area contributed by atoms with E-state index in [2.05, 4.69) is 39.6 Å². The lowest BCUT2D eigenvalue weighted by atomic mass is 10.3. The van der Waals surface area contributed by atoms with Crippen molar-refractivity contribution in [3.05, 3.63) is 18.2 Å². The number of aliphatic imine (C=N–C) groups is 2. The van der Waals surface area contributed by atoms with Crippen molar-refractivity contribution < 1.29 is 13.0 Å². The Bertz CT molecular complexity index is 611. The van der Waals surface area contributed by atoms with E-state index in [-0.39, 0.29) is 10.6 Å². The molecular formula is C8H4N2O3S3. The molecule has 82 valence electrons. The Morgan fingerprint density at radius 2 is 1.81 bits per heavy atom. The predicted molar refractivity (Wildman–Crippen MR) is 65.6 cm³/mol. The number of hydrogen-bond acceptors (Lipinski definition) is 6. The van der Waals surface area contributed by atoms with Crippen molar-refractivity contribution in [3.63, 3.8) is 0 Å². The summed E-state index contributed by atoms with van der Waals surface area (Å²) in [4.78, 5) is 6.79. The molecule has 0 bridgehead atoms. The standard InChI is InChI=1S/C8H4N2O3S3/c11-16(12,13)8-2-1-6(9-4-14)3-7(8)10-5-15/h1-3H,(H,11,12,13). The molecule has 0 amide bonds. The first-order valence-corrected chi connectivity index (χ1v) is 6.02. The maximum absolute atomic E-state index is 11.0. The Hall–Kier alpha value is -1.27. The summed E-state index contributed by atoms with van der Waals surface area (Å²) in [7, 11) is -4.36. The van der Waals surface area contributed by atoms with Crippen molar-refractivity contribution in [2.75, 3.05) is 0 Å². The zero-order chi connectivity index (χ0) is 12.2. The lowest BCUT2D eigenvalue weighted by molar-refractivity contribution is 0.483. The van der Waals surface area contributed by atoms with Crippen LogP contribution in [0.25, 0.3) is 0 Å². The molecule has 0 saturated heterocycles. The van der Waals surface area contributed by atoms with Gasteiger partial charge in [-0.2, -0.15) is 18.4 Å². The van der Waals surface area contributed by atoms with E-state index in [1.807, 2.05) is 5.16 Å². The van der Waals surface area contributed by atoms with E-state index >= 15 is 0 Å². The van der Waals surface area contributed by atoms with Crippen LogP contribution in [-0.4, -0.2) is 23.3 Å². The van der Waals surface area contributed by atoms with Crippen molar-refractivity contribution in [3.8, 4) is 0 Å². The van der Waals surface area contributed by atoms with Gasteiger partial charge in [0.05, 0.1) is 21.7 Å². The van der Waals surface area contributed by atoms with Gasteiger partial charge in [0.25, 0.3) is 10.1 Å². The van der Waals surface area contributed by atoms with Crippen molar-refractivity contribution in [1.29, 1.82) is 0 Å². The molecule has 0 unspecified atom stereocenters. The SMILES string of the molecule is O=S(=O)(O)c1ccc(N=C=S)cc1N=C=S. The molecule has 16 heavy (non-hydrogen) atoms. The van der Waals surface area contributed by atoms with Crippen LogP contribution in [0.15, 0.2) is 33.1 Å². The van der Waals surface area contributed by atoms with Gasteiger partial charge in [0, 0.05) is 0 Å². The summed E-state index contributed by atoms with van der Waals surface area (Å²) in [5.41, 5.74) is 0.301. The molecule has 1 N–H and O–H groups in total. The molecule has 5 nitrogen and oxygen atoms in total. The number of rotatable bonds is 3. The molecule has 0 heterocycles. The van der Waals surface area contributed by atoms with Crippen LogP contribution in [0.1, 0.15) is 0 Å². The van der Waals surface area contributed by atoms with Gasteiger partial charge in [-0.15, -0.1) is 0 Å². The normalized spacial score (nSPS) is 10.1. The Balaban J connectivity index is 3.54. The van der Waals surface area contributed by atoms with Crippen LogP contribution >= 0.6 is 24.4 Å². The van der Waals surface area contributed by atoms with Gasteiger partial charge in [0.2, 0.25) is 0 Å². The van der Waals surface area contributed by atoms with Crippen LogP contribution in [-0.2, 0) is 10.1 Å². The van der Waals surface area contributed by atoms with Crippen LogP contribution < -0.4 is 0 Å². The van der Waals surface area contributed by atoms with E-state index in [4.69, 9.17) is 4.55 Å². The molecular weight excluding hydrogens is 268 g/mol. The lowest BCUT2D eigenvalue weighted by Gasteiger charge is -2.01. The highest BCUT2D eigenvalue weighted by Crippen LogP contribution is 2.28. The maximum atomic E-state index is 11.0. The highest BCUT2D eigenvalue weighted by molar-refractivity contribution is 7.86. The zero-order valence-electron chi connectivity index (χ0n) is 7.61. The van der Waals surface area contributed by atoms with Crippen LogP contribution in [0.4, 0.5) is 11.4 Å². The fourth-order valence-corrected chi connectivity index (χ4v) is 1.80. The first kappa shape index (κ1) is 12.8. The molecule has 0 aliphatic heterocycles. The predicted octanol–water partition coefficient (Wildman–Crippen LogP) is 2.40. The number of nitrogens with zero attached hydrogens (tertiary/aromatic N) is 2. The molecule has 1 aromatic rings. The van der Waals surface area contributed by atoms with Crippen molar-refractivity contribution in [2.45, 2.75) is 4.90 Å². The van der Waals surface area contributed by atoms with E-state index in [1.54, 1.807) is 0 Å². The summed E-state index contributed by atoms with van der Waals surface area (Å²) in [6.07, 6.45) is 0. The number of benzene rings is 1. The molecule has 0 radical (unpaired) electrons. The molecule has 1 rings (SSSR count). The zero-order valence-corrected chi connectivity index (χ0v) is 10.1. The molecule has 1 aromatic carbocycles. The molecule has 0 aliphatic carbocycles. The van der Waals surface area contributed by atoms with Gasteiger partial charge in [-0.05, 0) is 42.6 Å². The minimum absolute atomic E-state index is 0.0519. The molecule has 0 aliphatic rings. The Morgan fingerprint density at radius 1 is 1.19 bits per heavy atom. The van der Waals surface area contributed by atoms with E-state index in [9.17, 15) is 8.42 Å². The molecule has 8 heteroatoms. The second kappa shape index (κ2) is 5.18. The average molecular weight is 272 g/mol. The number of hydrogen-bond donors (Lipinski definition) is 1. The second-order valence-corrected chi connectivity index (χ2v) is 4.29. The van der Waals surface area contributed by atoms with Gasteiger partial charge in [-0.25, -0.2) is 0 Å². The highest BCUT2D eigenvalue weighted by Gasteiger charge is 2.15. The van der Waals surface area contributed by atoms with E-state index in [0.29, 0.717) is 5.69 Å². The molecule has 0 atom stereocenters. The monoisotopic (exact) mass is 272 g/mol. The fraction of sp³-hybridized carbons (Fsp3) is 0. The second-order valence-electron chi connectivity index (χ2n) is 2.53. The molecule has 0 aromatic heterocycles. The minimum atomic E-state index is -4.36. The summed E-state index contributed by atoms with van der Waals surface area (Å²) >= 11 is 8.76. The van der Waals surface area contributed by atoms with Crippen molar-refractivity contribution in [2.24, 2.45) is 9.98 Å². The van der Waals surface area contributed by atoms with E-state index < -0.39 is 10.1 Å². The van der Waals surface area contributed by atoms with Crippen molar-refractivity contribution in [1.82, 2.24) is 0 Å². The largest absolute Gasteiger partial charge is 0.296 e. The van der Waals surface area contributed by atoms with Crippen LogP contribution in [0.3, 0.4) is 0 Å². The number of thiocarbonyl (C=S) groups is 2. The average Bonchev–Trinajstić information content (AvgIpc) is 2.17. The Kier molecular flexibility index (Phi) is 4.14. The first-order chi connectivity index (χ1) is 7.49. The van der Waals surface area contributed by atoms with Gasteiger partial charge in [-0.1, -0.05) is 0 Å². The lowest BCUT2D eigenvalue weighted by Crippen LogP contribution is -1.97. The van der Waals surface area contributed by atoms with Crippen LogP contribution in [0.2, 0.25) is 0 Å². The molecule has 0 spiro atoms. The van der Waals surface area contributed by atoms with E-state index in [1.165, 1.54) is 12.1 Å². The van der Waals surface area contributed by atoms with Gasteiger partial charge < -0.3 is 0 Å². The summed E-state index contributed by atoms with van der Waals surface area (Å²) in [5, 5.41) is 4.13. The molecule has 0 saturated carbocycles. The van der Waals surface area contributed by atoms with Gasteiger partial charge in [-0.3, -0.25) is 4.55 Å². The summed E-state index contributed by atoms with van der Waals surface area (Å²) in [6, 6.07) is 3.79. The van der Waals surface area contributed by atoms with Gasteiger partial charge in [0.1, 0.15) is 4.90 Å². The van der Waals surface area contributed by atoms with Gasteiger partial charge in [0.15, 0.2) is 0 Å². The highest BCUT2D eigenvalue weighted by atomic mass is 32.2. The molecule has 0 fully saturated rings. The number of isothiocyanates is 2. The summed E-state index contributed by atoms with van der Waals surface area (Å²) in [5.74, 6) is 0. The third-order valence-electron chi connectivity index (χ3n) is 1.56. The third-order valence-corrected chi connectivity index (χ3v) is 2.64. The fourth-order valence-electron chi connectivity index (χ4n) is 0.983. The summed E-state index contributed by atoms with van der Waals surface area (Å²) in [6.45, 7) is 0. The van der Waals surface area contributed by atoms with E-state index in [0.717, 1.165) is 6.07 Å². The summed E-state index contributed by atoms with van der Waals surface area (Å²) < 4.78 is 30.8. The van der Waals surface area contributed by atoms with Crippen LogP contribution in [0, 0.1) is 0 Å². The van der Waals surface area contributed by atoms with Gasteiger partial charge >= 0.3 is 0 Å². The topological polar surface area (TPSA) is 79.1 Å². The maximum Gasteiger partial charge on any atom is 0.296 e. The Labute approximate surface area is 102 Å². The van der Waals surface area contributed by atoms with Crippen molar-refractivity contribution >= 4 is 56.3 Å². The minimum Gasteiger partial charge on any atom is -0.282 e. The third kappa shape index (κ3) is 3.11.